The van der Waals surface area contributed by atoms with Crippen LogP contribution in [0.5, 0.6) is 5.75 Å². The highest BCUT2D eigenvalue weighted by molar-refractivity contribution is 5.78. The molecule has 0 aromatic heterocycles. The Morgan fingerprint density at radius 3 is 2.50 bits per heavy atom. The van der Waals surface area contributed by atoms with Gasteiger partial charge in [0.25, 0.3) is 5.91 Å². The van der Waals surface area contributed by atoms with Gasteiger partial charge in [-0.25, -0.2) is 0 Å². The molecule has 2 aliphatic rings. The maximum Gasteiger partial charge on any atom is 0.260 e. The first-order valence-electron chi connectivity index (χ1n) is 10.2. The fourth-order valence-corrected chi connectivity index (χ4v) is 4.30. The minimum Gasteiger partial charge on any atom is -0.483 e. The molecule has 2 heterocycles. The maximum absolute atomic E-state index is 12.7. The van der Waals surface area contributed by atoms with E-state index in [9.17, 15) is 4.79 Å². The zero-order chi connectivity index (χ0) is 18.5. The predicted octanol–water partition coefficient (Wildman–Crippen LogP) is 3.65. The Hall–Kier alpha value is -1.55. The summed E-state index contributed by atoms with van der Waals surface area (Å²) in [5.74, 6) is 2.47. The minimum atomic E-state index is 0.129. The molecule has 26 heavy (non-hydrogen) atoms. The molecule has 144 valence electrons. The van der Waals surface area contributed by atoms with Gasteiger partial charge in [-0.3, -0.25) is 4.79 Å². The number of carbonyl (C=O) groups excluding carboxylic acids is 1. The number of rotatable bonds is 5. The van der Waals surface area contributed by atoms with E-state index in [0.29, 0.717) is 5.92 Å². The first kappa shape index (κ1) is 19.2. The van der Waals surface area contributed by atoms with Crippen molar-refractivity contribution in [2.45, 2.75) is 46.5 Å². The summed E-state index contributed by atoms with van der Waals surface area (Å²) in [6, 6.07) is 6.09. The standard InChI is InChI=1S/C22H34N2O2/c1-17-9-12-23(13-10-17)14-20-8-5-11-24(15-20)21(25)16-26-22-18(2)6-4-7-19(22)3/h4,6-7,17,20H,5,8-16H2,1-3H3. The maximum atomic E-state index is 12.7. The van der Waals surface area contributed by atoms with Crippen molar-refractivity contribution in [3.8, 4) is 5.75 Å². The van der Waals surface area contributed by atoms with Gasteiger partial charge in [0.05, 0.1) is 0 Å². The van der Waals surface area contributed by atoms with Crippen LogP contribution >= 0.6 is 0 Å². The van der Waals surface area contributed by atoms with Gasteiger partial charge in [0.1, 0.15) is 5.75 Å². The van der Waals surface area contributed by atoms with Crippen molar-refractivity contribution in [2.24, 2.45) is 11.8 Å². The number of ether oxygens (including phenoxy) is 1. The van der Waals surface area contributed by atoms with Crippen molar-refractivity contribution in [1.82, 2.24) is 9.80 Å². The van der Waals surface area contributed by atoms with Crippen molar-refractivity contribution in [1.29, 1.82) is 0 Å². The molecule has 0 spiro atoms. The van der Waals surface area contributed by atoms with Crippen molar-refractivity contribution < 1.29 is 9.53 Å². The zero-order valence-electron chi connectivity index (χ0n) is 16.7. The van der Waals surface area contributed by atoms with E-state index in [1.807, 2.05) is 36.9 Å². The van der Waals surface area contributed by atoms with E-state index in [2.05, 4.69) is 11.8 Å². The highest BCUT2D eigenvalue weighted by Crippen LogP contribution is 2.24. The van der Waals surface area contributed by atoms with Gasteiger partial charge in [-0.05, 0) is 75.6 Å². The Balaban J connectivity index is 1.48. The average molecular weight is 359 g/mol. The van der Waals surface area contributed by atoms with Crippen LogP contribution in [-0.4, -0.2) is 55.0 Å². The lowest BCUT2D eigenvalue weighted by molar-refractivity contribution is -0.135. The van der Waals surface area contributed by atoms with Crippen molar-refractivity contribution in [3.05, 3.63) is 29.3 Å². The van der Waals surface area contributed by atoms with Crippen LogP contribution in [-0.2, 0) is 4.79 Å². The molecule has 0 radical (unpaired) electrons. The van der Waals surface area contributed by atoms with Crippen molar-refractivity contribution in [2.75, 3.05) is 39.3 Å². The van der Waals surface area contributed by atoms with Crippen LogP contribution < -0.4 is 4.74 Å². The monoisotopic (exact) mass is 358 g/mol. The molecule has 0 saturated carbocycles. The van der Waals surface area contributed by atoms with Gasteiger partial charge in [0, 0.05) is 19.6 Å². The second kappa shape index (κ2) is 8.90. The van der Waals surface area contributed by atoms with Crippen molar-refractivity contribution in [3.63, 3.8) is 0 Å². The van der Waals surface area contributed by atoms with Gasteiger partial charge in [0.15, 0.2) is 6.61 Å². The van der Waals surface area contributed by atoms with Gasteiger partial charge in [-0.2, -0.15) is 0 Å². The normalized spacial score (nSPS) is 22.4. The van der Waals surface area contributed by atoms with Crippen LogP contribution in [0.2, 0.25) is 0 Å². The molecule has 2 fully saturated rings. The summed E-state index contributed by atoms with van der Waals surface area (Å²) in [5, 5.41) is 0. The number of hydrogen-bond acceptors (Lipinski definition) is 3. The van der Waals surface area contributed by atoms with Crippen molar-refractivity contribution >= 4 is 5.91 Å². The van der Waals surface area contributed by atoms with E-state index in [1.54, 1.807) is 0 Å². The Morgan fingerprint density at radius 2 is 1.81 bits per heavy atom. The van der Waals surface area contributed by atoms with Crippen LogP contribution in [0, 0.1) is 25.7 Å². The SMILES string of the molecule is Cc1cccc(C)c1OCC(=O)N1CCCC(CN2CCC(C)CC2)C1. The molecule has 0 N–H and O–H groups in total. The number of carbonyl (C=O) groups is 1. The highest BCUT2D eigenvalue weighted by atomic mass is 16.5. The third-order valence-corrected chi connectivity index (χ3v) is 6.01. The third-order valence-electron chi connectivity index (χ3n) is 6.01. The lowest BCUT2D eigenvalue weighted by Crippen LogP contribution is -2.46. The Kier molecular flexibility index (Phi) is 6.58. The summed E-state index contributed by atoms with van der Waals surface area (Å²) >= 11 is 0. The second-order valence-corrected chi connectivity index (χ2v) is 8.34. The molecule has 1 aromatic rings. The Bertz CT molecular complexity index is 588. The summed E-state index contributed by atoms with van der Waals surface area (Å²) in [7, 11) is 0. The number of likely N-dealkylation sites (tertiary alicyclic amines) is 2. The molecule has 4 nitrogen and oxygen atoms in total. The third kappa shape index (κ3) is 5.00. The number of aryl methyl sites for hydroxylation is 2. The molecule has 1 amide bonds. The van der Waals surface area contributed by atoms with E-state index in [-0.39, 0.29) is 12.5 Å². The lowest BCUT2D eigenvalue weighted by Gasteiger charge is -2.37. The predicted molar refractivity (Wildman–Crippen MR) is 106 cm³/mol. The number of hydrogen-bond donors (Lipinski definition) is 0. The van der Waals surface area contributed by atoms with Gasteiger partial charge < -0.3 is 14.5 Å². The molecule has 1 unspecified atom stereocenters. The molecular weight excluding hydrogens is 324 g/mol. The highest BCUT2D eigenvalue weighted by Gasteiger charge is 2.26. The lowest BCUT2D eigenvalue weighted by atomic mass is 9.94. The molecule has 4 heteroatoms. The smallest absolute Gasteiger partial charge is 0.260 e. The van der Waals surface area contributed by atoms with Crippen LogP contribution in [0.15, 0.2) is 18.2 Å². The molecule has 1 aromatic carbocycles. The second-order valence-electron chi connectivity index (χ2n) is 8.34. The topological polar surface area (TPSA) is 32.8 Å². The summed E-state index contributed by atoms with van der Waals surface area (Å²) in [5.41, 5.74) is 2.18. The van der Waals surface area contributed by atoms with Crippen LogP contribution in [0.25, 0.3) is 0 Å². The number of benzene rings is 1. The quantitative estimate of drug-likeness (QED) is 0.805. The molecule has 1 atom stereocenters. The molecular formula is C22H34N2O2. The molecule has 0 bridgehead atoms. The van der Waals surface area contributed by atoms with E-state index in [4.69, 9.17) is 4.74 Å². The summed E-state index contributed by atoms with van der Waals surface area (Å²) in [4.78, 5) is 17.3. The number of piperidine rings is 2. The van der Waals surface area contributed by atoms with E-state index < -0.39 is 0 Å². The zero-order valence-corrected chi connectivity index (χ0v) is 16.7. The van der Waals surface area contributed by atoms with E-state index in [1.165, 1.54) is 32.4 Å². The van der Waals surface area contributed by atoms with Gasteiger partial charge in [-0.1, -0.05) is 25.1 Å². The van der Waals surface area contributed by atoms with Gasteiger partial charge >= 0.3 is 0 Å². The van der Waals surface area contributed by atoms with Crippen LogP contribution in [0.3, 0.4) is 0 Å². The number of amides is 1. The first-order chi connectivity index (χ1) is 12.5. The minimum absolute atomic E-state index is 0.129. The Labute approximate surface area is 158 Å². The van der Waals surface area contributed by atoms with E-state index >= 15 is 0 Å². The first-order valence-corrected chi connectivity index (χ1v) is 10.2. The summed E-state index contributed by atoms with van der Waals surface area (Å²) in [6.45, 7) is 11.9. The largest absolute Gasteiger partial charge is 0.483 e. The fourth-order valence-electron chi connectivity index (χ4n) is 4.30. The summed E-state index contributed by atoms with van der Waals surface area (Å²) < 4.78 is 5.88. The van der Waals surface area contributed by atoms with Crippen LogP contribution in [0.4, 0.5) is 0 Å². The molecule has 2 saturated heterocycles. The summed E-state index contributed by atoms with van der Waals surface area (Å²) in [6.07, 6.45) is 5.00. The van der Waals surface area contributed by atoms with Gasteiger partial charge in [-0.15, -0.1) is 0 Å². The Morgan fingerprint density at radius 1 is 1.12 bits per heavy atom. The van der Waals surface area contributed by atoms with Gasteiger partial charge in [0.2, 0.25) is 0 Å². The molecule has 3 rings (SSSR count). The number of nitrogens with zero attached hydrogens (tertiary/aromatic N) is 2. The molecule has 2 aliphatic heterocycles. The van der Waals surface area contributed by atoms with Crippen LogP contribution in [0.1, 0.15) is 43.7 Å². The average Bonchev–Trinajstić information content (AvgIpc) is 2.63. The molecule has 0 aliphatic carbocycles. The fraction of sp³-hybridized carbons (Fsp3) is 0.682. The number of para-hydroxylation sites is 1. The van der Waals surface area contributed by atoms with E-state index in [0.717, 1.165) is 48.8 Å².